The van der Waals surface area contributed by atoms with E-state index in [1.54, 1.807) is 10.6 Å². The van der Waals surface area contributed by atoms with Gasteiger partial charge in [0, 0.05) is 6.04 Å². The fraction of sp³-hybridized carbons (Fsp3) is 0.333. The summed E-state index contributed by atoms with van der Waals surface area (Å²) >= 11 is 0. The molecular formula is C18H23N3O. The van der Waals surface area contributed by atoms with Crippen molar-refractivity contribution in [1.82, 2.24) is 4.57 Å². The number of benzene rings is 1. The molecule has 1 aromatic carbocycles. The van der Waals surface area contributed by atoms with E-state index >= 15 is 0 Å². The van der Waals surface area contributed by atoms with Crippen LogP contribution in [0.15, 0.2) is 41.2 Å². The molecule has 22 heavy (non-hydrogen) atoms. The molecule has 0 bridgehead atoms. The molecule has 0 radical (unpaired) electrons. The predicted molar refractivity (Wildman–Crippen MR) is 91.6 cm³/mol. The molecule has 4 nitrogen and oxygen atoms in total. The summed E-state index contributed by atoms with van der Waals surface area (Å²) in [6.45, 7) is 8.22. The Morgan fingerprint density at radius 1 is 1.05 bits per heavy atom. The van der Waals surface area contributed by atoms with Gasteiger partial charge in [-0.15, -0.1) is 0 Å². The van der Waals surface area contributed by atoms with Crippen molar-refractivity contribution in [2.24, 2.45) is 5.73 Å². The minimum absolute atomic E-state index is 0.00780. The summed E-state index contributed by atoms with van der Waals surface area (Å²) in [4.78, 5) is 12.6. The SMILES string of the molecule is CC(C)c1ccc(-c2ccc(C(=N)N)c(=O)n2C(C)C)cc1. The summed E-state index contributed by atoms with van der Waals surface area (Å²) in [6, 6.07) is 11.7. The van der Waals surface area contributed by atoms with Crippen molar-refractivity contribution in [3.05, 3.63) is 57.9 Å². The van der Waals surface area contributed by atoms with Gasteiger partial charge in [-0.25, -0.2) is 0 Å². The van der Waals surface area contributed by atoms with E-state index in [1.165, 1.54) is 5.56 Å². The summed E-state index contributed by atoms with van der Waals surface area (Å²) in [6.07, 6.45) is 0. The Bertz CT molecular complexity index is 740. The van der Waals surface area contributed by atoms with Crippen LogP contribution in [0.5, 0.6) is 0 Å². The van der Waals surface area contributed by atoms with Crippen LogP contribution in [-0.4, -0.2) is 10.4 Å². The molecule has 1 aromatic heterocycles. The lowest BCUT2D eigenvalue weighted by molar-refractivity contribution is 0.584. The maximum Gasteiger partial charge on any atom is 0.262 e. The molecule has 0 atom stereocenters. The smallest absolute Gasteiger partial charge is 0.262 e. The zero-order valence-corrected chi connectivity index (χ0v) is 13.6. The standard InChI is InChI=1S/C18H23N3O/c1-11(2)13-5-7-14(8-6-13)16-10-9-15(17(19)20)18(22)21(16)12(3)4/h5-12H,1-4H3,(H3,19,20). The number of hydrogen-bond donors (Lipinski definition) is 2. The summed E-state index contributed by atoms with van der Waals surface area (Å²) in [5, 5.41) is 7.53. The van der Waals surface area contributed by atoms with Gasteiger partial charge in [0.1, 0.15) is 5.84 Å². The minimum Gasteiger partial charge on any atom is -0.384 e. The second-order valence-corrected chi connectivity index (χ2v) is 6.09. The largest absolute Gasteiger partial charge is 0.384 e. The number of rotatable bonds is 4. The number of amidine groups is 1. The second-order valence-electron chi connectivity index (χ2n) is 6.09. The summed E-state index contributed by atoms with van der Waals surface area (Å²) in [5.74, 6) is 0.280. The first-order valence-corrected chi connectivity index (χ1v) is 7.53. The molecule has 0 unspecified atom stereocenters. The lowest BCUT2D eigenvalue weighted by Gasteiger charge is -2.18. The molecule has 2 rings (SSSR count). The van der Waals surface area contributed by atoms with Crippen LogP contribution in [0.3, 0.4) is 0 Å². The first-order valence-electron chi connectivity index (χ1n) is 7.53. The zero-order valence-electron chi connectivity index (χ0n) is 13.6. The highest BCUT2D eigenvalue weighted by molar-refractivity contribution is 5.94. The van der Waals surface area contributed by atoms with Gasteiger partial charge < -0.3 is 10.3 Å². The van der Waals surface area contributed by atoms with Crippen LogP contribution >= 0.6 is 0 Å². The highest BCUT2D eigenvalue weighted by Crippen LogP contribution is 2.24. The van der Waals surface area contributed by atoms with Gasteiger partial charge >= 0.3 is 0 Å². The third kappa shape index (κ3) is 2.96. The molecule has 3 N–H and O–H groups in total. The van der Waals surface area contributed by atoms with Crippen molar-refractivity contribution in [3.63, 3.8) is 0 Å². The van der Waals surface area contributed by atoms with E-state index in [1.807, 2.05) is 32.0 Å². The molecule has 0 fully saturated rings. The predicted octanol–water partition coefficient (Wildman–Crippen LogP) is 3.50. The van der Waals surface area contributed by atoms with Gasteiger partial charge in [0.25, 0.3) is 5.56 Å². The first kappa shape index (κ1) is 16.0. The summed E-state index contributed by atoms with van der Waals surface area (Å²) in [7, 11) is 0. The molecule has 0 spiro atoms. The average Bonchev–Trinajstić information content (AvgIpc) is 2.46. The van der Waals surface area contributed by atoms with Crippen LogP contribution in [0.4, 0.5) is 0 Å². The van der Waals surface area contributed by atoms with Crippen LogP contribution in [0.1, 0.15) is 50.8 Å². The molecule has 2 aromatic rings. The van der Waals surface area contributed by atoms with E-state index in [-0.39, 0.29) is 23.0 Å². The van der Waals surface area contributed by atoms with E-state index in [2.05, 4.69) is 26.0 Å². The highest BCUT2D eigenvalue weighted by Gasteiger charge is 2.14. The van der Waals surface area contributed by atoms with Gasteiger partial charge in [-0.3, -0.25) is 10.2 Å². The van der Waals surface area contributed by atoms with E-state index in [0.29, 0.717) is 5.92 Å². The molecule has 0 saturated carbocycles. The van der Waals surface area contributed by atoms with Gasteiger partial charge in [-0.1, -0.05) is 38.1 Å². The number of aromatic nitrogens is 1. The van der Waals surface area contributed by atoms with Crippen LogP contribution < -0.4 is 11.3 Å². The summed E-state index contributed by atoms with van der Waals surface area (Å²) < 4.78 is 1.70. The molecule has 0 aliphatic rings. The third-order valence-corrected chi connectivity index (χ3v) is 3.80. The Hall–Kier alpha value is -2.36. The molecule has 116 valence electrons. The molecular weight excluding hydrogens is 274 g/mol. The number of nitrogen functional groups attached to an aromatic ring is 1. The summed E-state index contributed by atoms with van der Waals surface area (Å²) in [5.41, 5.74) is 8.63. The maximum absolute atomic E-state index is 12.6. The second kappa shape index (κ2) is 6.18. The Balaban J connectivity index is 2.62. The maximum atomic E-state index is 12.6. The molecule has 0 aliphatic carbocycles. The molecule has 0 saturated heterocycles. The Morgan fingerprint density at radius 3 is 2.09 bits per heavy atom. The minimum atomic E-state index is -0.215. The lowest BCUT2D eigenvalue weighted by atomic mass is 10.00. The van der Waals surface area contributed by atoms with Crippen molar-refractivity contribution in [2.75, 3.05) is 0 Å². The Labute approximate surface area is 131 Å². The van der Waals surface area contributed by atoms with E-state index < -0.39 is 0 Å². The fourth-order valence-corrected chi connectivity index (χ4v) is 2.54. The van der Waals surface area contributed by atoms with Gasteiger partial charge in [0.2, 0.25) is 0 Å². The van der Waals surface area contributed by atoms with E-state index in [4.69, 9.17) is 11.1 Å². The number of nitrogens with two attached hydrogens (primary N) is 1. The quantitative estimate of drug-likeness (QED) is 0.669. The van der Waals surface area contributed by atoms with Crippen molar-refractivity contribution in [1.29, 1.82) is 5.41 Å². The fourth-order valence-electron chi connectivity index (χ4n) is 2.54. The normalized spacial score (nSPS) is 11.2. The van der Waals surface area contributed by atoms with Gasteiger partial charge in [0.05, 0.1) is 11.3 Å². The monoisotopic (exact) mass is 297 g/mol. The molecule has 1 heterocycles. The lowest BCUT2D eigenvalue weighted by Crippen LogP contribution is -2.31. The average molecular weight is 297 g/mol. The van der Waals surface area contributed by atoms with Crippen molar-refractivity contribution in [3.8, 4) is 11.3 Å². The van der Waals surface area contributed by atoms with Crippen molar-refractivity contribution < 1.29 is 0 Å². The van der Waals surface area contributed by atoms with Crippen molar-refractivity contribution >= 4 is 5.84 Å². The Morgan fingerprint density at radius 2 is 1.64 bits per heavy atom. The van der Waals surface area contributed by atoms with Crippen LogP contribution in [0, 0.1) is 5.41 Å². The third-order valence-electron chi connectivity index (χ3n) is 3.80. The van der Waals surface area contributed by atoms with Crippen molar-refractivity contribution in [2.45, 2.75) is 39.7 Å². The van der Waals surface area contributed by atoms with Crippen LogP contribution in [0.25, 0.3) is 11.3 Å². The molecule has 4 heteroatoms. The van der Waals surface area contributed by atoms with Crippen LogP contribution in [0.2, 0.25) is 0 Å². The molecule has 0 amide bonds. The first-order chi connectivity index (χ1) is 10.3. The van der Waals surface area contributed by atoms with E-state index in [0.717, 1.165) is 11.3 Å². The molecule has 0 aliphatic heterocycles. The Kier molecular flexibility index (Phi) is 4.50. The zero-order chi connectivity index (χ0) is 16.4. The number of pyridine rings is 1. The number of nitrogens with zero attached hydrogens (tertiary/aromatic N) is 1. The number of hydrogen-bond acceptors (Lipinski definition) is 2. The number of nitrogens with one attached hydrogen (secondary N) is 1. The highest BCUT2D eigenvalue weighted by atomic mass is 16.1. The van der Waals surface area contributed by atoms with Gasteiger partial charge in [0.15, 0.2) is 0 Å². The van der Waals surface area contributed by atoms with E-state index in [9.17, 15) is 4.79 Å². The van der Waals surface area contributed by atoms with Gasteiger partial charge in [-0.05, 0) is 43.0 Å². The van der Waals surface area contributed by atoms with Gasteiger partial charge in [-0.2, -0.15) is 0 Å². The van der Waals surface area contributed by atoms with Crippen LogP contribution in [-0.2, 0) is 0 Å². The topological polar surface area (TPSA) is 71.9 Å².